The first-order valence-corrected chi connectivity index (χ1v) is 5.23. The van der Waals surface area contributed by atoms with Crippen LogP contribution in [0.1, 0.15) is 11.8 Å². The summed E-state index contributed by atoms with van der Waals surface area (Å²) in [7, 11) is 0. The number of benzene rings is 1. The quantitative estimate of drug-likeness (QED) is 0.881. The van der Waals surface area contributed by atoms with E-state index in [1.807, 2.05) is 0 Å². The minimum absolute atomic E-state index is 0.0298. The average molecular weight is 233 g/mol. The number of para-hydroxylation sites is 1. The van der Waals surface area contributed by atoms with Gasteiger partial charge in [-0.15, -0.1) is 0 Å². The van der Waals surface area contributed by atoms with E-state index in [-0.39, 0.29) is 12.4 Å². The van der Waals surface area contributed by atoms with Crippen LogP contribution >= 0.6 is 0 Å². The Hall–Kier alpha value is -1.94. The highest BCUT2D eigenvalue weighted by molar-refractivity contribution is 5.23. The lowest BCUT2D eigenvalue weighted by Crippen LogP contribution is -2.11. The summed E-state index contributed by atoms with van der Waals surface area (Å²) in [4.78, 5) is 3.99. The van der Waals surface area contributed by atoms with Crippen LogP contribution in [0.25, 0.3) is 0 Å². The largest absolute Gasteiger partial charge is 0.487 e. The molecule has 0 aliphatic heterocycles. The molecule has 2 aromatic rings. The minimum Gasteiger partial charge on any atom is -0.487 e. The van der Waals surface area contributed by atoms with E-state index < -0.39 is 11.9 Å². The highest BCUT2D eigenvalue weighted by Crippen LogP contribution is 2.18. The average Bonchev–Trinajstić information content (AvgIpc) is 2.38. The van der Waals surface area contributed by atoms with Gasteiger partial charge in [0, 0.05) is 6.20 Å². The fourth-order valence-corrected chi connectivity index (χ4v) is 1.39. The first-order chi connectivity index (χ1) is 8.27. The van der Waals surface area contributed by atoms with Crippen molar-refractivity contribution in [1.29, 1.82) is 0 Å². The minimum atomic E-state index is -0.865. The number of aliphatic hydroxyl groups is 1. The summed E-state index contributed by atoms with van der Waals surface area (Å²) < 4.78 is 18.4. The molecule has 0 radical (unpaired) electrons. The zero-order valence-electron chi connectivity index (χ0n) is 9.08. The third-order valence-corrected chi connectivity index (χ3v) is 2.26. The molecule has 0 bridgehead atoms. The van der Waals surface area contributed by atoms with Gasteiger partial charge in [0.2, 0.25) is 0 Å². The van der Waals surface area contributed by atoms with Crippen molar-refractivity contribution in [2.24, 2.45) is 0 Å². The summed E-state index contributed by atoms with van der Waals surface area (Å²) in [5, 5.41) is 9.76. The summed E-state index contributed by atoms with van der Waals surface area (Å²) in [5.74, 6) is -0.316. The highest BCUT2D eigenvalue weighted by Gasteiger charge is 2.10. The second-order valence-corrected chi connectivity index (χ2v) is 3.51. The van der Waals surface area contributed by atoms with Crippen molar-refractivity contribution in [3.8, 4) is 5.75 Å². The number of hydrogen-bond donors (Lipinski definition) is 1. The molecule has 1 unspecified atom stereocenters. The summed E-state index contributed by atoms with van der Waals surface area (Å²) in [5.41, 5.74) is 0.504. The van der Waals surface area contributed by atoms with Gasteiger partial charge in [-0.25, -0.2) is 4.39 Å². The van der Waals surface area contributed by atoms with Crippen molar-refractivity contribution in [1.82, 2.24) is 4.98 Å². The topological polar surface area (TPSA) is 42.4 Å². The number of nitrogens with zero attached hydrogens (tertiary/aromatic N) is 1. The van der Waals surface area contributed by atoms with Crippen molar-refractivity contribution < 1.29 is 14.2 Å². The molecule has 0 aliphatic carbocycles. The predicted octanol–water partition coefficient (Wildman–Crippen LogP) is 2.33. The molecule has 0 spiro atoms. The van der Waals surface area contributed by atoms with Crippen LogP contribution in [-0.4, -0.2) is 16.7 Å². The molecule has 1 heterocycles. The normalized spacial score (nSPS) is 12.1. The van der Waals surface area contributed by atoms with Gasteiger partial charge in [0.25, 0.3) is 0 Å². The molecule has 0 aliphatic rings. The molecule has 0 fully saturated rings. The number of rotatable bonds is 4. The SMILES string of the molecule is OC(COc1ccccc1F)c1ccccn1. The van der Waals surface area contributed by atoms with Crippen molar-refractivity contribution in [2.45, 2.75) is 6.10 Å². The van der Waals surface area contributed by atoms with Crippen molar-refractivity contribution in [3.05, 3.63) is 60.2 Å². The van der Waals surface area contributed by atoms with E-state index in [1.54, 1.807) is 36.5 Å². The van der Waals surface area contributed by atoms with E-state index in [2.05, 4.69) is 4.98 Å². The predicted molar refractivity (Wildman–Crippen MR) is 61.1 cm³/mol. The molecule has 4 heteroatoms. The van der Waals surface area contributed by atoms with Crippen LogP contribution in [0.5, 0.6) is 5.75 Å². The molecule has 2 rings (SSSR count). The number of hydrogen-bond acceptors (Lipinski definition) is 3. The van der Waals surface area contributed by atoms with E-state index in [0.717, 1.165) is 0 Å². The molecule has 0 saturated heterocycles. The zero-order valence-corrected chi connectivity index (χ0v) is 9.08. The summed E-state index contributed by atoms with van der Waals surface area (Å²) in [6.07, 6.45) is 0.720. The van der Waals surface area contributed by atoms with Gasteiger partial charge in [0.1, 0.15) is 12.7 Å². The van der Waals surface area contributed by atoms with Crippen LogP contribution in [0.2, 0.25) is 0 Å². The van der Waals surface area contributed by atoms with Crippen LogP contribution in [0, 0.1) is 5.82 Å². The van der Waals surface area contributed by atoms with Crippen LogP contribution in [-0.2, 0) is 0 Å². The summed E-state index contributed by atoms with van der Waals surface area (Å²) in [6.45, 7) is -0.0298. The molecular formula is C13H12FNO2. The monoisotopic (exact) mass is 233 g/mol. The van der Waals surface area contributed by atoms with Crippen molar-refractivity contribution in [3.63, 3.8) is 0 Å². The molecular weight excluding hydrogens is 221 g/mol. The number of halogens is 1. The standard InChI is InChI=1S/C13H12FNO2/c14-10-5-1-2-7-13(10)17-9-12(16)11-6-3-4-8-15-11/h1-8,12,16H,9H2. The number of ether oxygens (including phenoxy) is 1. The fraction of sp³-hybridized carbons (Fsp3) is 0.154. The Labute approximate surface area is 98.5 Å². The van der Waals surface area contributed by atoms with Gasteiger partial charge >= 0.3 is 0 Å². The Morgan fingerprint density at radius 2 is 1.94 bits per heavy atom. The maximum atomic E-state index is 13.2. The maximum Gasteiger partial charge on any atom is 0.165 e. The van der Waals surface area contributed by atoms with Gasteiger partial charge in [-0.05, 0) is 24.3 Å². The third kappa shape index (κ3) is 3.01. The lowest BCUT2D eigenvalue weighted by Gasteiger charge is -2.12. The molecule has 3 nitrogen and oxygen atoms in total. The van der Waals surface area contributed by atoms with Crippen LogP contribution in [0.4, 0.5) is 4.39 Å². The summed E-state index contributed by atoms with van der Waals surface area (Å²) >= 11 is 0. The van der Waals surface area contributed by atoms with Crippen LogP contribution < -0.4 is 4.74 Å². The van der Waals surface area contributed by atoms with Gasteiger partial charge in [0.15, 0.2) is 11.6 Å². The Balaban J connectivity index is 1.97. The van der Waals surface area contributed by atoms with Gasteiger partial charge in [0.05, 0.1) is 5.69 Å². The van der Waals surface area contributed by atoms with E-state index in [1.165, 1.54) is 12.1 Å². The number of pyridine rings is 1. The Kier molecular flexibility index (Phi) is 3.67. The molecule has 1 atom stereocenters. The molecule has 1 aromatic carbocycles. The van der Waals surface area contributed by atoms with Crippen molar-refractivity contribution >= 4 is 0 Å². The maximum absolute atomic E-state index is 13.2. The second-order valence-electron chi connectivity index (χ2n) is 3.51. The molecule has 1 aromatic heterocycles. The van der Waals surface area contributed by atoms with Gasteiger partial charge in [-0.2, -0.15) is 0 Å². The highest BCUT2D eigenvalue weighted by atomic mass is 19.1. The van der Waals surface area contributed by atoms with Gasteiger partial charge in [-0.1, -0.05) is 18.2 Å². The Bertz CT molecular complexity index is 476. The van der Waals surface area contributed by atoms with E-state index >= 15 is 0 Å². The molecule has 1 N–H and O–H groups in total. The van der Waals surface area contributed by atoms with Crippen LogP contribution in [0.15, 0.2) is 48.7 Å². The number of aromatic nitrogens is 1. The fourth-order valence-electron chi connectivity index (χ4n) is 1.39. The van der Waals surface area contributed by atoms with Crippen molar-refractivity contribution in [2.75, 3.05) is 6.61 Å². The van der Waals surface area contributed by atoms with Gasteiger partial charge < -0.3 is 9.84 Å². The second kappa shape index (κ2) is 5.41. The lowest BCUT2D eigenvalue weighted by atomic mass is 10.2. The molecule has 0 saturated carbocycles. The molecule has 0 amide bonds. The Morgan fingerprint density at radius 1 is 1.18 bits per heavy atom. The summed E-state index contributed by atoms with van der Waals surface area (Å²) in [6, 6.07) is 11.3. The Morgan fingerprint density at radius 3 is 2.65 bits per heavy atom. The third-order valence-electron chi connectivity index (χ3n) is 2.26. The van der Waals surface area contributed by atoms with E-state index in [0.29, 0.717) is 5.69 Å². The van der Waals surface area contributed by atoms with Gasteiger partial charge in [-0.3, -0.25) is 4.98 Å². The first-order valence-electron chi connectivity index (χ1n) is 5.23. The molecule has 88 valence electrons. The van der Waals surface area contributed by atoms with Crippen LogP contribution in [0.3, 0.4) is 0 Å². The number of aliphatic hydroxyl groups excluding tert-OH is 1. The van der Waals surface area contributed by atoms with E-state index in [4.69, 9.17) is 4.74 Å². The lowest BCUT2D eigenvalue weighted by molar-refractivity contribution is 0.102. The smallest absolute Gasteiger partial charge is 0.165 e. The molecule has 17 heavy (non-hydrogen) atoms. The van der Waals surface area contributed by atoms with E-state index in [9.17, 15) is 9.50 Å². The zero-order chi connectivity index (χ0) is 12.1. The first kappa shape index (κ1) is 11.5.